The molecule has 0 saturated carbocycles. The zero-order valence-corrected chi connectivity index (χ0v) is 18.0. The Morgan fingerprint density at radius 1 is 1.04 bits per heavy atom. The maximum atomic E-state index is 13.3. The van der Waals surface area contributed by atoms with Gasteiger partial charge in [0.2, 0.25) is 11.8 Å². The number of nitrogens with two attached hydrogens (primary N) is 1. The molecule has 0 bridgehead atoms. The number of carbonyl (C=O) groups excluding carboxylic acids is 2. The Balaban J connectivity index is 2.09. The van der Waals surface area contributed by atoms with Crippen molar-refractivity contribution < 1.29 is 9.59 Å². The summed E-state index contributed by atoms with van der Waals surface area (Å²) in [5.74, 6) is -0.540. The lowest BCUT2D eigenvalue weighted by atomic mass is 9.81. The van der Waals surface area contributed by atoms with E-state index in [1.165, 1.54) is 11.3 Å². The van der Waals surface area contributed by atoms with E-state index in [1.807, 2.05) is 11.8 Å². The van der Waals surface area contributed by atoms with Crippen molar-refractivity contribution in [2.75, 3.05) is 31.1 Å². The molecule has 1 aliphatic rings. The number of hydrogen-bond donors (Lipinski definition) is 1. The summed E-state index contributed by atoms with van der Waals surface area (Å²) in [5, 5.41) is 0. The third-order valence-electron chi connectivity index (χ3n) is 5.80. The minimum absolute atomic E-state index is 0.106. The van der Waals surface area contributed by atoms with Crippen molar-refractivity contribution in [2.45, 2.75) is 53.4 Å². The summed E-state index contributed by atoms with van der Waals surface area (Å²) in [5.41, 5.74) is 8.30. The Labute approximate surface area is 170 Å². The number of nitrogens with zero attached hydrogens (tertiary/aromatic N) is 2. The van der Waals surface area contributed by atoms with Gasteiger partial charge in [-0.3, -0.25) is 9.59 Å². The summed E-state index contributed by atoms with van der Waals surface area (Å²) in [7, 11) is 0. The zero-order valence-electron chi connectivity index (χ0n) is 18.0. The highest BCUT2D eigenvalue weighted by Crippen LogP contribution is 2.28. The highest BCUT2D eigenvalue weighted by atomic mass is 16.2. The van der Waals surface area contributed by atoms with Crippen LogP contribution >= 0.6 is 0 Å². The second kappa shape index (κ2) is 10.5. The lowest BCUT2D eigenvalue weighted by molar-refractivity contribution is -0.142. The van der Waals surface area contributed by atoms with Crippen molar-refractivity contribution in [1.82, 2.24) is 4.90 Å². The highest BCUT2D eigenvalue weighted by molar-refractivity contribution is 5.87. The summed E-state index contributed by atoms with van der Waals surface area (Å²) >= 11 is 0. The molecular formula is C23H37N3O2. The van der Waals surface area contributed by atoms with Crippen LogP contribution in [0.1, 0.15) is 52.5 Å². The molecule has 1 fully saturated rings. The Morgan fingerprint density at radius 2 is 1.68 bits per heavy atom. The normalized spacial score (nSPS) is 16.9. The van der Waals surface area contributed by atoms with Gasteiger partial charge in [0.1, 0.15) is 0 Å². The molecule has 2 rings (SSSR count). The minimum Gasteiger partial charge on any atom is -0.369 e. The molecule has 2 atom stereocenters. The molecule has 2 N–H and O–H groups in total. The summed E-state index contributed by atoms with van der Waals surface area (Å²) in [6.45, 7) is 11.5. The van der Waals surface area contributed by atoms with E-state index in [4.69, 9.17) is 5.73 Å². The average Bonchev–Trinajstić information content (AvgIpc) is 2.69. The van der Waals surface area contributed by atoms with Gasteiger partial charge in [-0.2, -0.15) is 0 Å². The van der Waals surface area contributed by atoms with Gasteiger partial charge < -0.3 is 15.5 Å². The molecule has 0 aliphatic carbocycles. The first-order chi connectivity index (χ1) is 13.4. The number of aryl methyl sites for hydroxylation is 1. The number of carbonyl (C=O) groups is 2. The van der Waals surface area contributed by atoms with Crippen LogP contribution < -0.4 is 10.6 Å². The third kappa shape index (κ3) is 5.49. The van der Waals surface area contributed by atoms with Gasteiger partial charge in [-0.15, -0.1) is 0 Å². The fourth-order valence-electron chi connectivity index (χ4n) is 4.32. The number of rotatable bonds is 9. The standard InChI is InChI=1S/C23H37N3O2/c1-5-9-19(22(24)27)20(16-17(3)4)23(28)26-14-12-25(13-15-26)21-11-8-7-10-18(21)6-2/h7-8,10-11,17,19-20H,5-6,9,12-16H2,1-4H3,(H2,24,27). The smallest absolute Gasteiger partial charge is 0.226 e. The second-order valence-electron chi connectivity index (χ2n) is 8.33. The zero-order chi connectivity index (χ0) is 20.7. The molecule has 0 aromatic heterocycles. The number of anilines is 1. The molecule has 1 aromatic carbocycles. The molecule has 5 heteroatoms. The number of benzene rings is 1. The highest BCUT2D eigenvalue weighted by Gasteiger charge is 2.36. The van der Waals surface area contributed by atoms with Crippen LogP contribution in [0, 0.1) is 17.8 Å². The Hall–Kier alpha value is -2.04. The summed E-state index contributed by atoms with van der Waals surface area (Å²) in [6.07, 6.45) is 3.26. The Bertz CT molecular complexity index is 651. The van der Waals surface area contributed by atoms with Crippen LogP contribution in [0.25, 0.3) is 0 Å². The van der Waals surface area contributed by atoms with E-state index < -0.39 is 0 Å². The number of primary amides is 1. The van der Waals surface area contributed by atoms with Gasteiger partial charge >= 0.3 is 0 Å². The molecule has 2 unspecified atom stereocenters. The van der Waals surface area contributed by atoms with E-state index in [2.05, 4.69) is 49.9 Å². The quantitative estimate of drug-likeness (QED) is 0.706. The molecule has 1 aliphatic heterocycles. The summed E-state index contributed by atoms with van der Waals surface area (Å²) < 4.78 is 0. The first-order valence-electron chi connectivity index (χ1n) is 10.8. The third-order valence-corrected chi connectivity index (χ3v) is 5.80. The predicted octanol–water partition coefficient (Wildman–Crippen LogP) is 3.46. The first-order valence-corrected chi connectivity index (χ1v) is 10.8. The lowest BCUT2D eigenvalue weighted by Gasteiger charge is -2.39. The van der Waals surface area contributed by atoms with E-state index in [0.717, 1.165) is 25.9 Å². The van der Waals surface area contributed by atoms with Crippen LogP contribution in [0.15, 0.2) is 24.3 Å². The SMILES string of the molecule is CCCC(C(N)=O)C(CC(C)C)C(=O)N1CCN(c2ccccc2CC)CC1. The van der Waals surface area contributed by atoms with Crippen LogP contribution in [0.2, 0.25) is 0 Å². The van der Waals surface area contributed by atoms with Crippen LogP contribution in [-0.2, 0) is 16.0 Å². The van der Waals surface area contributed by atoms with E-state index in [-0.39, 0.29) is 23.7 Å². The molecule has 2 amide bonds. The van der Waals surface area contributed by atoms with Crippen molar-refractivity contribution in [3.63, 3.8) is 0 Å². The van der Waals surface area contributed by atoms with Crippen LogP contribution in [0.4, 0.5) is 5.69 Å². The molecular weight excluding hydrogens is 350 g/mol. The van der Waals surface area contributed by atoms with Crippen molar-refractivity contribution in [3.05, 3.63) is 29.8 Å². The number of amides is 2. The minimum atomic E-state index is -0.362. The van der Waals surface area contributed by atoms with Gasteiger partial charge in [-0.25, -0.2) is 0 Å². The van der Waals surface area contributed by atoms with Gasteiger partial charge in [0.25, 0.3) is 0 Å². The average molecular weight is 388 g/mol. The van der Waals surface area contributed by atoms with Crippen LogP contribution in [0.3, 0.4) is 0 Å². The maximum Gasteiger partial charge on any atom is 0.226 e. The molecule has 0 spiro atoms. The van der Waals surface area contributed by atoms with Crippen LogP contribution in [0.5, 0.6) is 0 Å². The largest absolute Gasteiger partial charge is 0.369 e. The second-order valence-corrected chi connectivity index (χ2v) is 8.33. The molecule has 28 heavy (non-hydrogen) atoms. The summed E-state index contributed by atoms with van der Waals surface area (Å²) in [4.78, 5) is 29.7. The van der Waals surface area contributed by atoms with Gasteiger partial charge in [-0.05, 0) is 36.8 Å². The number of hydrogen-bond acceptors (Lipinski definition) is 3. The molecule has 156 valence electrons. The number of para-hydroxylation sites is 1. The molecule has 0 radical (unpaired) electrons. The van der Waals surface area contributed by atoms with E-state index in [9.17, 15) is 9.59 Å². The molecule has 5 nitrogen and oxygen atoms in total. The van der Waals surface area contributed by atoms with E-state index in [1.54, 1.807) is 0 Å². The van der Waals surface area contributed by atoms with Crippen molar-refractivity contribution in [3.8, 4) is 0 Å². The topological polar surface area (TPSA) is 66.6 Å². The van der Waals surface area contributed by atoms with Gasteiger partial charge in [0.15, 0.2) is 0 Å². The maximum absolute atomic E-state index is 13.3. The van der Waals surface area contributed by atoms with Gasteiger partial charge in [0, 0.05) is 43.7 Å². The van der Waals surface area contributed by atoms with Gasteiger partial charge in [0.05, 0.1) is 0 Å². The van der Waals surface area contributed by atoms with Crippen molar-refractivity contribution in [1.29, 1.82) is 0 Å². The Kier molecular flexibility index (Phi) is 8.34. The van der Waals surface area contributed by atoms with E-state index in [0.29, 0.717) is 31.8 Å². The fourth-order valence-corrected chi connectivity index (χ4v) is 4.32. The number of piperazine rings is 1. The fraction of sp³-hybridized carbons (Fsp3) is 0.652. The summed E-state index contributed by atoms with van der Waals surface area (Å²) in [6, 6.07) is 8.50. The Morgan fingerprint density at radius 3 is 2.21 bits per heavy atom. The molecule has 1 aromatic rings. The molecule has 1 heterocycles. The van der Waals surface area contributed by atoms with Gasteiger partial charge in [-0.1, -0.05) is 52.3 Å². The van der Waals surface area contributed by atoms with E-state index >= 15 is 0 Å². The monoisotopic (exact) mass is 387 g/mol. The lowest BCUT2D eigenvalue weighted by Crippen LogP contribution is -2.52. The van der Waals surface area contributed by atoms with Crippen molar-refractivity contribution >= 4 is 17.5 Å². The molecule has 1 saturated heterocycles. The first kappa shape index (κ1) is 22.3. The predicted molar refractivity (Wildman–Crippen MR) is 115 cm³/mol. The van der Waals surface area contributed by atoms with Crippen LogP contribution in [-0.4, -0.2) is 42.9 Å². The van der Waals surface area contributed by atoms with Crippen molar-refractivity contribution in [2.24, 2.45) is 23.5 Å².